The summed E-state index contributed by atoms with van der Waals surface area (Å²) in [6.07, 6.45) is 5.88. The van der Waals surface area contributed by atoms with Crippen LogP contribution in [0.3, 0.4) is 0 Å². The normalized spacial score (nSPS) is 15.3. The summed E-state index contributed by atoms with van der Waals surface area (Å²) in [5.41, 5.74) is 1.95. The van der Waals surface area contributed by atoms with Gasteiger partial charge in [0.1, 0.15) is 11.8 Å². The van der Waals surface area contributed by atoms with Gasteiger partial charge in [0.15, 0.2) is 6.61 Å². The van der Waals surface area contributed by atoms with Crippen molar-refractivity contribution in [3.05, 3.63) is 63.6 Å². The molecule has 1 aliphatic carbocycles. The molecule has 5 nitrogen and oxygen atoms in total. The van der Waals surface area contributed by atoms with Gasteiger partial charge in [0.25, 0.3) is 5.91 Å². The first-order valence-electron chi connectivity index (χ1n) is 12.9. The molecule has 1 N–H and O–H groups in total. The smallest absolute Gasteiger partial charge is 0.261 e. The van der Waals surface area contributed by atoms with Gasteiger partial charge < -0.3 is 15.0 Å². The van der Waals surface area contributed by atoms with Gasteiger partial charge in [-0.1, -0.05) is 88.4 Å². The van der Waals surface area contributed by atoms with Crippen LogP contribution in [0, 0.1) is 0 Å². The summed E-state index contributed by atoms with van der Waals surface area (Å²) in [7, 11) is 0. The Labute approximate surface area is 225 Å². The first kappa shape index (κ1) is 28.3. The van der Waals surface area contributed by atoms with E-state index < -0.39 is 6.04 Å². The average molecular weight is 534 g/mol. The molecule has 0 bridgehead atoms. The number of hydrogen-bond donors (Lipinski definition) is 1. The van der Waals surface area contributed by atoms with Gasteiger partial charge in [-0.25, -0.2) is 0 Å². The van der Waals surface area contributed by atoms with Crippen molar-refractivity contribution < 1.29 is 14.3 Å². The van der Waals surface area contributed by atoms with Gasteiger partial charge in [0.05, 0.1) is 0 Å². The minimum atomic E-state index is -0.627. The van der Waals surface area contributed by atoms with Crippen LogP contribution in [0.5, 0.6) is 5.75 Å². The maximum absolute atomic E-state index is 13.5. The zero-order valence-electron chi connectivity index (χ0n) is 21.8. The van der Waals surface area contributed by atoms with E-state index in [1.807, 2.05) is 31.2 Å². The number of hydrogen-bond acceptors (Lipinski definition) is 3. The minimum Gasteiger partial charge on any atom is -0.484 e. The van der Waals surface area contributed by atoms with Gasteiger partial charge in [-0.3, -0.25) is 9.59 Å². The number of halogens is 2. The largest absolute Gasteiger partial charge is 0.484 e. The lowest BCUT2D eigenvalue weighted by Crippen LogP contribution is -2.52. The fourth-order valence-corrected chi connectivity index (χ4v) is 5.04. The third-order valence-electron chi connectivity index (χ3n) is 6.78. The summed E-state index contributed by atoms with van der Waals surface area (Å²) in [4.78, 5) is 28.4. The van der Waals surface area contributed by atoms with E-state index in [4.69, 9.17) is 27.9 Å². The topological polar surface area (TPSA) is 58.6 Å². The van der Waals surface area contributed by atoms with E-state index in [9.17, 15) is 9.59 Å². The van der Waals surface area contributed by atoms with E-state index in [1.165, 1.54) is 12.0 Å². The fourth-order valence-electron chi connectivity index (χ4n) is 4.58. The van der Waals surface area contributed by atoms with Crippen molar-refractivity contribution in [1.82, 2.24) is 10.2 Å². The predicted octanol–water partition coefficient (Wildman–Crippen LogP) is 6.93. The summed E-state index contributed by atoms with van der Waals surface area (Å²) in [6, 6.07) is 12.5. The Morgan fingerprint density at radius 1 is 1.06 bits per heavy atom. The van der Waals surface area contributed by atoms with Gasteiger partial charge in [0.2, 0.25) is 5.91 Å². The van der Waals surface area contributed by atoms with E-state index >= 15 is 0 Å². The zero-order valence-corrected chi connectivity index (χ0v) is 23.3. The third kappa shape index (κ3) is 7.88. The Morgan fingerprint density at radius 3 is 2.31 bits per heavy atom. The van der Waals surface area contributed by atoms with Gasteiger partial charge in [-0.05, 0) is 60.1 Å². The molecule has 196 valence electrons. The predicted molar refractivity (Wildman–Crippen MR) is 147 cm³/mol. The van der Waals surface area contributed by atoms with Crippen LogP contribution in [0.15, 0.2) is 42.5 Å². The Balaban J connectivity index is 1.77. The van der Waals surface area contributed by atoms with Crippen molar-refractivity contribution in [3.63, 3.8) is 0 Å². The number of benzene rings is 2. The molecule has 0 radical (unpaired) electrons. The van der Waals surface area contributed by atoms with Crippen molar-refractivity contribution in [3.8, 4) is 5.75 Å². The summed E-state index contributed by atoms with van der Waals surface area (Å²) in [5.74, 6) is 0.212. The summed E-state index contributed by atoms with van der Waals surface area (Å²) in [6.45, 7) is 8.38. The van der Waals surface area contributed by atoms with Crippen LogP contribution >= 0.6 is 23.2 Å². The Kier molecular flexibility index (Phi) is 10.1. The SMILES string of the molecule is CC[C@H](C(=O)NC1CCCCC1)N(Cc1ccc(Cl)cc1Cl)C(=O)COc1ccc(C(C)(C)C)cc1. The van der Waals surface area contributed by atoms with E-state index in [0.717, 1.165) is 31.2 Å². The summed E-state index contributed by atoms with van der Waals surface area (Å²) < 4.78 is 5.85. The highest BCUT2D eigenvalue weighted by atomic mass is 35.5. The number of carbonyl (C=O) groups is 2. The molecule has 0 heterocycles. The molecule has 1 atom stereocenters. The van der Waals surface area contributed by atoms with Gasteiger partial charge in [-0.2, -0.15) is 0 Å². The number of rotatable bonds is 9. The minimum absolute atomic E-state index is 0.0308. The Bertz CT molecular complexity index is 1030. The molecule has 3 rings (SSSR count). The first-order chi connectivity index (χ1) is 17.1. The van der Waals surface area contributed by atoms with E-state index in [2.05, 4.69) is 26.1 Å². The number of nitrogens with one attached hydrogen (secondary N) is 1. The first-order valence-corrected chi connectivity index (χ1v) is 13.6. The van der Waals surface area contributed by atoms with Crippen LogP contribution < -0.4 is 10.1 Å². The number of carbonyl (C=O) groups excluding carboxylic acids is 2. The molecule has 0 saturated heterocycles. The van der Waals surface area contributed by atoms with Crippen molar-refractivity contribution in [2.24, 2.45) is 0 Å². The molecular weight excluding hydrogens is 495 g/mol. The lowest BCUT2D eigenvalue weighted by Gasteiger charge is -2.33. The van der Waals surface area contributed by atoms with Crippen LogP contribution in [0.4, 0.5) is 0 Å². The molecule has 0 aliphatic heterocycles. The lowest BCUT2D eigenvalue weighted by atomic mass is 9.87. The third-order valence-corrected chi connectivity index (χ3v) is 7.36. The second kappa shape index (κ2) is 12.8. The number of amides is 2. The second-order valence-electron chi connectivity index (χ2n) is 10.6. The lowest BCUT2D eigenvalue weighted by molar-refractivity contribution is -0.143. The molecular formula is C29H38Cl2N2O3. The molecule has 1 aliphatic rings. The second-order valence-corrected chi connectivity index (χ2v) is 11.4. The molecule has 0 spiro atoms. The van der Waals surface area contributed by atoms with Gasteiger partial charge >= 0.3 is 0 Å². The van der Waals surface area contributed by atoms with Crippen LogP contribution in [0.2, 0.25) is 10.0 Å². The highest BCUT2D eigenvalue weighted by Crippen LogP contribution is 2.26. The molecule has 2 aromatic carbocycles. The Hall–Kier alpha value is -2.24. The highest BCUT2D eigenvalue weighted by Gasteiger charge is 2.31. The molecule has 1 fully saturated rings. The van der Waals surface area contributed by atoms with Crippen LogP contribution in [0.1, 0.15) is 77.3 Å². The molecule has 7 heteroatoms. The maximum Gasteiger partial charge on any atom is 0.261 e. The molecule has 2 amide bonds. The van der Waals surface area contributed by atoms with Crippen LogP contribution in [-0.4, -0.2) is 35.4 Å². The quantitative estimate of drug-likeness (QED) is 0.381. The fraction of sp³-hybridized carbons (Fsp3) is 0.517. The van der Waals surface area contributed by atoms with E-state index in [1.54, 1.807) is 23.1 Å². The van der Waals surface area contributed by atoms with Crippen LogP contribution in [-0.2, 0) is 21.5 Å². The maximum atomic E-state index is 13.5. The molecule has 0 unspecified atom stereocenters. The van der Waals surface area contributed by atoms with Crippen molar-refractivity contribution >= 4 is 35.0 Å². The van der Waals surface area contributed by atoms with Gasteiger partial charge in [-0.15, -0.1) is 0 Å². The van der Waals surface area contributed by atoms with Crippen molar-refractivity contribution in [2.45, 2.75) is 90.3 Å². The highest BCUT2D eigenvalue weighted by molar-refractivity contribution is 6.35. The molecule has 36 heavy (non-hydrogen) atoms. The number of nitrogens with zero attached hydrogens (tertiary/aromatic N) is 1. The average Bonchev–Trinajstić information content (AvgIpc) is 2.84. The Morgan fingerprint density at radius 2 is 1.72 bits per heavy atom. The summed E-state index contributed by atoms with van der Waals surface area (Å²) >= 11 is 12.5. The number of ether oxygens (including phenoxy) is 1. The van der Waals surface area contributed by atoms with E-state index in [-0.39, 0.29) is 36.4 Å². The zero-order chi connectivity index (χ0) is 26.3. The monoisotopic (exact) mass is 532 g/mol. The van der Waals surface area contributed by atoms with Crippen LogP contribution in [0.25, 0.3) is 0 Å². The van der Waals surface area contributed by atoms with Crippen molar-refractivity contribution in [1.29, 1.82) is 0 Å². The standard InChI is InChI=1S/C29H38Cl2N2O3/c1-5-26(28(35)32-23-9-7-6-8-10-23)33(18-20-11-14-22(30)17-25(20)31)27(34)19-36-24-15-12-21(13-16-24)29(2,3)4/h11-17,23,26H,5-10,18-19H2,1-4H3,(H,32,35)/t26-/m1/s1. The van der Waals surface area contributed by atoms with Crippen molar-refractivity contribution in [2.75, 3.05) is 6.61 Å². The molecule has 1 saturated carbocycles. The molecule has 2 aromatic rings. The van der Waals surface area contributed by atoms with E-state index in [0.29, 0.717) is 22.2 Å². The molecule has 0 aromatic heterocycles. The summed E-state index contributed by atoms with van der Waals surface area (Å²) in [5, 5.41) is 4.16. The van der Waals surface area contributed by atoms with Gasteiger partial charge in [0, 0.05) is 22.6 Å².